The topological polar surface area (TPSA) is 55.4 Å². The third-order valence-corrected chi connectivity index (χ3v) is 3.49. The van der Waals surface area contributed by atoms with E-state index in [2.05, 4.69) is 12.2 Å². The second-order valence-corrected chi connectivity index (χ2v) is 6.42. The molecule has 1 N–H and O–H groups in total. The molecular formula is C11H25NO3S. The Morgan fingerprint density at radius 3 is 2.38 bits per heavy atom. The van der Waals surface area contributed by atoms with Crippen LogP contribution in [0.4, 0.5) is 0 Å². The van der Waals surface area contributed by atoms with Gasteiger partial charge in [-0.2, -0.15) is 0 Å². The molecule has 0 aromatic heterocycles. The Kier molecular flexibility index (Phi) is 8.89. The minimum Gasteiger partial charge on any atom is -0.385 e. The van der Waals surface area contributed by atoms with Crippen LogP contribution in [0.2, 0.25) is 0 Å². The molecule has 0 saturated carbocycles. The molecule has 0 fully saturated rings. The fourth-order valence-corrected chi connectivity index (χ4v) is 2.39. The highest BCUT2D eigenvalue weighted by Crippen LogP contribution is 2.06. The summed E-state index contributed by atoms with van der Waals surface area (Å²) in [5.74, 6) is 0.291. The second kappa shape index (κ2) is 8.96. The van der Waals surface area contributed by atoms with Crippen LogP contribution >= 0.6 is 0 Å². The summed E-state index contributed by atoms with van der Waals surface area (Å²) in [6.45, 7) is 3.77. The van der Waals surface area contributed by atoms with Gasteiger partial charge in [0.15, 0.2) is 0 Å². The fourth-order valence-electron chi connectivity index (χ4n) is 1.70. The van der Waals surface area contributed by atoms with Gasteiger partial charge in [-0.25, -0.2) is 8.42 Å². The van der Waals surface area contributed by atoms with E-state index in [1.165, 1.54) is 6.26 Å². The van der Waals surface area contributed by atoms with E-state index < -0.39 is 9.84 Å². The first kappa shape index (κ1) is 15.9. The smallest absolute Gasteiger partial charge is 0.147 e. The van der Waals surface area contributed by atoms with E-state index >= 15 is 0 Å². The van der Waals surface area contributed by atoms with Gasteiger partial charge in [-0.05, 0) is 32.2 Å². The summed E-state index contributed by atoms with van der Waals surface area (Å²) in [5, 5.41) is 3.38. The van der Waals surface area contributed by atoms with Gasteiger partial charge in [0.1, 0.15) is 9.84 Å². The monoisotopic (exact) mass is 251 g/mol. The number of rotatable bonds is 10. The van der Waals surface area contributed by atoms with Crippen molar-refractivity contribution >= 4 is 9.84 Å². The van der Waals surface area contributed by atoms with Crippen LogP contribution in [0.15, 0.2) is 0 Å². The number of hydrogen-bond acceptors (Lipinski definition) is 4. The van der Waals surface area contributed by atoms with E-state index in [4.69, 9.17) is 4.74 Å². The van der Waals surface area contributed by atoms with Gasteiger partial charge in [0, 0.05) is 31.8 Å². The highest BCUT2D eigenvalue weighted by atomic mass is 32.2. The molecule has 16 heavy (non-hydrogen) atoms. The number of nitrogens with one attached hydrogen (secondary N) is 1. The zero-order valence-electron chi connectivity index (χ0n) is 10.7. The van der Waals surface area contributed by atoms with Crippen LogP contribution in [0.5, 0.6) is 0 Å². The van der Waals surface area contributed by atoms with Gasteiger partial charge in [-0.1, -0.05) is 6.92 Å². The molecule has 0 aliphatic heterocycles. The fraction of sp³-hybridized carbons (Fsp3) is 1.00. The first-order valence-corrected chi connectivity index (χ1v) is 7.95. The summed E-state index contributed by atoms with van der Waals surface area (Å²) < 4.78 is 27.0. The predicted octanol–water partition coefficient (Wildman–Crippen LogP) is 1.22. The molecule has 0 bridgehead atoms. The molecule has 0 aromatic carbocycles. The Hall–Kier alpha value is -0.130. The van der Waals surface area contributed by atoms with Gasteiger partial charge in [-0.15, -0.1) is 0 Å². The van der Waals surface area contributed by atoms with Crippen LogP contribution in [0.1, 0.15) is 32.6 Å². The van der Waals surface area contributed by atoms with Gasteiger partial charge >= 0.3 is 0 Å². The molecule has 0 heterocycles. The molecule has 0 rings (SSSR count). The summed E-state index contributed by atoms with van der Waals surface area (Å²) in [4.78, 5) is 0. The molecule has 1 atom stereocenters. The van der Waals surface area contributed by atoms with Crippen molar-refractivity contribution in [3.8, 4) is 0 Å². The lowest BCUT2D eigenvalue weighted by Gasteiger charge is -2.17. The van der Waals surface area contributed by atoms with Crippen LogP contribution in [0.25, 0.3) is 0 Å². The van der Waals surface area contributed by atoms with Crippen molar-refractivity contribution in [1.82, 2.24) is 5.32 Å². The lowest BCUT2D eigenvalue weighted by Crippen LogP contribution is -2.29. The van der Waals surface area contributed by atoms with E-state index in [9.17, 15) is 8.42 Å². The molecule has 0 amide bonds. The molecule has 0 spiro atoms. The molecule has 98 valence electrons. The standard InChI is InChI=1S/C11H25NO3S/c1-4-12-11(7-5-9-15-2)8-6-10-16(3,13)14/h11-12H,4-10H2,1-3H3. The first-order chi connectivity index (χ1) is 7.49. The summed E-state index contributed by atoms with van der Waals surface area (Å²) in [6.07, 6.45) is 5.02. The maximum atomic E-state index is 11.0. The van der Waals surface area contributed by atoms with Crippen molar-refractivity contribution in [2.45, 2.75) is 38.6 Å². The largest absolute Gasteiger partial charge is 0.385 e. The van der Waals surface area contributed by atoms with E-state index in [1.54, 1.807) is 7.11 Å². The quantitative estimate of drug-likeness (QED) is 0.593. The number of sulfone groups is 1. The van der Waals surface area contributed by atoms with Crippen LogP contribution in [-0.4, -0.2) is 46.7 Å². The maximum Gasteiger partial charge on any atom is 0.147 e. The van der Waals surface area contributed by atoms with Crippen molar-refractivity contribution in [3.63, 3.8) is 0 Å². The number of methoxy groups -OCH3 is 1. The summed E-state index contributed by atoms with van der Waals surface area (Å²) in [6, 6.07) is 0.418. The lowest BCUT2D eigenvalue weighted by molar-refractivity contribution is 0.188. The van der Waals surface area contributed by atoms with E-state index in [1.807, 2.05) is 0 Å². The Morgan fingerprint density at radius 2 is 1.88 bits per heavy atom. The number of ether oxygens (including phenoxy) is 1. The van der Waals surface area contributed by atoms with Gasteiger partial charge in [0.25, 0.3) is 0 Å². The van der Waals surface area contributed by atoms with Gasteiger partial charge < -0.3 is 10.1 Å². The average Bonchev–Trinajstić information content (AvgIpc) is 2.16. The third kappa shape index (κ3) is 10.4. The zero-order chi connectivity index (χ0) is 12.4. The highest BCUT2D eigenvalue weighted by Gasteiger charge is 2.09. The summed E-state index contributed by atoms with van der Waals surface area (Å²) in [5.41, 5.74) is 0. The molecule has 0 aliphatic carbocycles. The van der Waals surface area contributed by atoms with Crippen LogP contribution in [0, 0.1) is 0 Å². The molecule has 0 radical (unpaired) electrons. The molecule has 0 saturated heterocycles. The zero-order valence-corrected chi connectivity index (χ0v) is 11.5. The van der Waals surface area contributed by atoms with Crippen molar-refractivity contribution in [2.24, 2.45) is 0 Å². The Morgan fingerprint density at radius 1 is 1.25 bits per heavy atom. The number of hydrogen-bond donors (Lipinski definition) is 1. The molecule has 4 nitrogen and oxygen atoms in total. The normalized spacial score (nSPS) is 13.9. The molecule has 1 unspecified atom stereocenters. The van der Waals surface area contributed by atoms with E-state index in [-0.39, 0.29) is 0 Å². The minimum absolute atomic E-state index is 0.291. The van der Waals surface area contributed by atoms with Crippen LogP contribution < -0.4 is 5.32 Å². The first-order valence-electron chi connectivity index (χ1n) is 5.89. The van der Waals surface area contributed by atoms with Crippen molar-refractivity contribution in [1.29, 1.82) is 0 Å². The summed E-state index contributed by atoms with van der Waals surface area (Å²) >= 11 is 0. The Labute approximate surface area is 99.7 Å². The molecule has 0 aliphatic rings. The van der Waals surface area contributed by atoms with E-state index in [0.29, 0.717) is 11.8 Å². The Balaban J connectivity index is 3.75. The van der Waals surface area contributed by atoms with Gasteiger partial charge in [0.2, 0.25) is 0 Å². The van der Waals surface area contributed by atoms with Crippen molar-refractivity contribution in [3.05, 3.63) is 0 Å². The minimum atomic E-state index is -2.81. The third-order valence-electron chi connectivity index (χ3n) is 2.46. The van der Waals surface area contributed by atoms with Crippen molar-refractivity contribution < 1.29 is 13.2 Å². The van der Waals surface area contributed by atoms with Crippen LogP contribution in [-0.2, 0) is 14.6 Å². The maximum absolute atomic E-state index is 11.0. The Bertz CT molecular complexity index is 252. The van der Waals surface area contributed by atoms with Crippen LogP contribution in [0.3, 0.4) is 0 Å². The molecule has 0 aromatic rings. The highest BCUT2D eigenvalue weighted by molar-refractivity contribution is 7.90. The molecule has 5 heteroatoms. The predicted molar refractivity (Wildman–Crippen MR) is 67.5 cm³/mol. The van der Waals surface area contributed by atoms with E-state index in [0.717, 1.165) is 38.8 Å². The average molecular weight is 251 g/mol. The molecular weight excluding hydrogens is 226 g/mol. The van der Waals surface area contributed by atoms with Gasteiger partial charge in [0.05, 0.1) is 0 Å². The second-order valence-electron chi connectivity index (χ2n) is 4.16. The SMILES string of the molecule is CCNC(CCCOC)CCCS(C)(=O)=O. The lowest BCUT2D eigenvalue weighted by atomic mass is 10.1. The summed E-state index contributed by atoms with van der Waals surface area (Å²) in [7, 11) is -1.11. The van der Waals surface area contributed by atoms with Crippen molar-refractivity contribution in [2.75, 3.05) is 32.3 Å². The van der Waals surface area contributed by atoms with Gasteiger partial charge in [-0.3, -0.25) is 0 Å².